The van der Waals surface area contributed by atoms with E-state index in [9.17, 15) is 4.79 Å². The predicted molar refractivity (Wildman–Crippen MR) is 115 cm³/mol. The highest BCUT2D eigenvalue weighted by atomic mass is 16.2. The quantitative estimate of drug-likeness (QED) is 0.715. The molecule has 1 amide bonds. The van der Waals surface area contributed by atoms with Crippen LogP contribution >= 0.6 is 0 Å². The molecule has 0 fully saturated rings. The molecule has 0 radical (unpaired) electrons. The maximum absolute atomic E-state index is 12.5. The first-order valence-corrected chi connectivity index (χ1v) is 9.76. The summed E-state index contributed by atoms with van der Waals surface area (Å²) in [6.07, 6.45) is 1.36. The van der Waals surface area contributed by atoms with Gasteiger partial charge in [0.1, 0.15) is 0 Å². The van der Waals surface area contributed by atoms with E-state index in [1.807, 2.05) is 54.3 Å². The second-order valence-electron chi connectivity index (χ2n) is 7.08. The maximum Gasteiger partial charge on any atom is 0.226 e. The Kier molecular flexibility index (Phi) is 6.35. The highest BCUT2D eigenvalue weighted by Gasteiger charge is 2.32. The first-order valence-electron chi connectivity index (χ1n) is 9.76. The standard InChI is InChI=1S/C23H28N4O/c1-3-23(28)27-16(2)15-21(19-7-4-5-9-22(19)27)26-18-12-10-17(11-13-18)20(25)8-6-14-24/h4-5,7,9-13,16,20-21,26H,3,14-15,24-25H2,1-2H3/t16-,20?,21+/m0/s1. The number of nitrogens with zero attached hydrogens (tertiary/aromatic N) is 1. The van der Waals surface area contributed by atoms with Crippen LogP contribution in [0.25, 0.3) is 0 Å². The van der Waals surface area contributed by atoms with Crippen molar-refractivity contribution in [3.8, 4) is 11.8 Å². The minimum absolute atomic E-state index is 0.138. The molecule has 5 nitrogen and oxygen atoms in total. The Balaban J connectivity index is 1.82. The van der Waals surface area contributed by atoms with Gasteiger partial charge in [0.2, 0.25) is 5.91 Å². The first kappa shape index (κ1) is 19.9. The molecule has 28 heavy (non-hydrogen) atoms. The Hall–Kier alpha value is -2.81. The van der Waals surface area contributed by atoms with E-state index in [4.69, 9.17) is 11.5 Å². The molecule has 0 aromatic heterocycles. The third-order valence-corrected chi connectivity index (χ3v) is 5.13. The summed E-state index contributed by atoms with van der Waals surface area (Å²) in [6.45, 7) is 4.33. The van der Waals surface area contributed by atoms with Crippen LogP contribution in [0.1, 0.15) is 49.9 Å². The van der Waals surface area contributed by atoms with E-state index in [0.717, 1.165) is 28.9 Å². The number of fused-ring (bicyclic) bond motifs is 1. The third-order valence-electron chi connectivity index (χ3n) is 5.13. The first-order chi connectivity index (χ1) is 13.5. The summed E-state index contributed by atoms with van der Waals surface area (Å²) in [5.41, 5.74) is 15.6. The summed E-state index contributed by atoms with van der Waals surface area (Å²) in [5.74, 6) is 5.91. The van der Waals surface area contributed by atoms with Crippen LogP contribution in [-0.2, 0) is 4.79 Å². The van der Waals surface area contributed by atoms with E-state index in [0.29, 0.717) is 13.0 Å². The number of carbonyl (C=O) groups is 1. The van der Waals surface area contributed by atoms with Crippen molar-refractivity contribution in [3.63, 3.8) is 0 Å². The minimum Gasteiger partial charge on any atom is -0.378 e. The van der Waals surface area contributed by atoms with Gasteiger partial charge in [0.25, 0.3) is 0 Å². The highest BCUT2D eigenvalue weighted by Crippen LogP contribution is 2.39. The van der Waals surface area contributed by atoms with Gasteiger partial charge in [-0.15, -0.1) is 0 Å². The molecule has 1 unspecified atom stereocenters. The number of benzene rings is 2. The number of amides is 1. The molecular formula is C23H28N4O. The average Bonchev–Trinajstić information content (AvgIpc) is 2.72. The Bertz CT molecular complexity index is 881. The summed E-state index contributed by atoms with van der Waals surface area (Å²) >= 11 is 0. The number of hydrogen-bond donors (Lipinski definition) is 3. The lowest BCUT2D eigenvalue weighted by molar-refractivity contribution is -0.118. The molecule has 1 heterocycles. The zero-order valence-electron chi connectivity index (χ0n) is 16.5. The number of carbonyl (C=O) groups excluding carboxylic acids is 1. The molecule has 5 heteroatoms. The van der Waals surface area contributed by atoms with Gasteiger partial charge in [-0.1, -0.05) is 49.1 Å². The summed E-state index contributed by atoms with van der Waals surface area (Å²) in [5, 5.41) is 3.62. The number of nitrogens with two attached hydrogens (primary N) is 2. The van der Waals surface area contributed by atoms with Crippen LogP contribution in [0.4, 0.5) is 11.4 Å². The Labute approximate surface area is 167 Å². The molecule has 3 atom stereocenters. The molecule has 3 rings (SSSR count). The van der Waals surface area contributed by atoms with Crippen LogP contribution in [0.15, 0.2) is 48.5 Å². The van der Waals surface area contributed by atoms with Gasteiger partial charge < -0.3 is 21.7 Å². The van der Waals surface area contributed by atoms with Gasteiger partial charge in [0.15, 0.2) is 0 Å². The highest BCUT2D eigenvalue weighted by molar-refractivity contribution is 5.95. The fourth-order valence-corrected chi connectivity index (χ4v) is 3.74. The van der Waals surface area contributed by atoms with Crippen molar-refractivity contribution < 1.29 is 4.79 Å². The molecule has 0 saturated heterocycles. The van der Waals surface area contributed by atoms with Crippen molar-refractivity contribution >= 4 is 17.3 Å². The molecular weight excluding hydrogens is 348 g/mol. The monoisotopic (exact) mass is 376 g/mol. The zero-order chi connectivity index (χ0) is 20.1. The van der Waals surface area contributed by atoms with Crippen molar-refractivity contribution in [2.75, 3.05) is 16.8 Å². The van der Waals surface area contributed by atoms with Gasteiger partial charge in [-0.25, -0.2) is 0 Å². The number of rotatable bonds is 4. The van der Waals surface area contributed by atoms with Crippen LogP contribution in [0.2, 0.25) is 0 Å². The maximum atomic E-state index is 12.5. The van der Waals surface area contributed by atoms with Gasteiger partial charge in [0, 0.05) is 23.8 Å². The average molecular weight is 377 g/mol. The van der Waals surface area contributed by atoms with Gasteiger partial charge in [-0.3, -0.25) is 4.79 Å². The lowest BCUT2D eigenvalue weighted by Gasteiger charge is -2.40. The normalized spacial score (nSPS) is 19.2. The number of para-hydroxylation sites is 1. The number of anilines is 2. The fourth-order valence-electron chi connectivity index (χ4n) is 3.74. The molecule has 5 N–H and O–H groups in total. The number of nitrogens with one attached hydrogen (secondary N) is 1. The van der Waals surface area contributed by atoms with Crippen molar-refractivity contribution in [1.82, 2.24) is 0 Å². The summed E-state index contributed by atoms with van der Waals surface area (Å²) in [4.78, 5) is 14.4. The van der Waals surface area contributed by atoms with Crippen LogP contribution in [0.3, 0.4) is 0 Å². The second kappa shape index (κ2) is 8.92. The molecule has 0 bridgehead atoms. The van der Waals surface area contributed by atoms with Gasteiger partial charge in [-0.2, -0.15) is 0 Å². The lowest BCUT2D eigenvalue weighted by Crippen LogP contribution is -2.44. The molecule has 1 aliphatic heterocycles. The molecule has 2 aromatic carbocycles. The SMILES string of the molecule is CCC(=O)N1c2ccccc2[C@H](Nc2ccc(C(N)C#CCN)cc2)C[C@@H]1C. The summed E-state index contributed by atoms with van der Waals surface area (Å²) < 4.78 is 0. The topological polar surface area (TPSA) is 84.4 Å². The van der Waals surface area contributed by atoms with Crippen molar-refractivity contribution in [2.24, 2.45) is 11.5 Å². The molecule has 0 aliphatic carbocycles. The van der Waals surface area contributed by atoms with E-state index in [2.05, 4.69) is 30.1 Å². The van der Waals surface area contributed by atoms with Gasteiger partial charge in [0.05, 0.1) is 18.6 Å². The van der Waals surface area contributed by atoms with Gasteiger partial charge in [-0.05, 0) is 42.7 Å². The van der Waals surface area contributed by atoms with E-state index >= 15 is 0 Å². The Morgan fingerprint density at radius 1 is 1.25 bits per heavy atom. The Morgan fingerprint density at radius 2 is 1.96 bits per heavy atom. The van der Waals surface area contributed by atoms with E-state index in [1.165, 1.54) is 0 Å². The minimum atomic E-state index is -0.332. The molecule has 2 aromatic rings. The molecule has 0 saturated carbocycles. The smallest absolute Gasteiger partial charge is 0.226 e. The van der Waals surface area contributed by atoms with Crippen molar-refractivity contribution in [3.05, 3.63) is 59.7 Å². The summed E-state index contributed by atoms with van der Waals surface area (Å²) in [6, 6.07) is 16.1. The van der Waals surface area contributed by atoms with Crippen molar-refractivity contribution in [2.45, 2.75) is 44.8 Å². The van der Waals surface area contributed by atoms with Crippen LogP contribution < -0.4 is 21.7 Å². The van der Waals surface area contributed by atoms with Crippen LogP contribution in [-0.4, -0.2) is 18.5 Å². The molecule has 0 spiro atoms. The second-order valence-corrected chi connectivity index (χ2v) is 7.08. The largest absolute Gasteiger partial charge is 0.378 e. The van der Waals surface area contributed by atoms with Crippen LogP contribution in [0, 0.1) is 11.8 Å². The molecule has 1 aliphatic rings. The van der Waals surface area contributed by atoms with Gasteiger partial charge >= 0.3 is 0 Å². The predicted octanol–water partition coefficient (Wildman–Crippen LogP) is 3.34. The lowest BCUT2D eigenvalue weighted by atomic mass is 9.91. The summed E-state index contributed by atoms with van der Waals surface area (Å²) in [7, 11) is 0. The molecule has 146 valence electrons. The van der Waals surface area contributed by atoms with E-state index in [1.54, 1.807) is 0 Å². The third kappa shape index (κ3) is 4.19. The number of hydrogen-bond acceptors (Lipinski definition) is 4. The van der Waals surface area contributed by atoms with E-state index < -0.39 is 0 Å². The van der Waals surface area contributed by atoms with Crippen LogP contribution in [0.5, 0.6) is 0 Å². The Morgan fingerprint density at radius 3 is 2.64 bits per heavy atom. The van der Waals surface area contributed by atoms with Crippen molar-refractivity contribution in [1.29, 1.82) is 0 Å². The zero-order valence-corrected chi connectivity index (χ0v) is 16.5. The van der Waals surface area contributed by atoms with E-state index in [-0.39, 0.29) is 24.0 Å². The fraction of sp³-hybridized carbons (Fsp3) is 0.348.